The van der Waals surface area contributed by atoms with Crippen molar-refractivity contribution in [1.29, 1.82) is 0 Å². The van der Waals surface area contributed by atoms with Crippen molar-refractivity contribution < 1.29 is 27.8 Å². The SMILES string of the molecule is O=C(O)c1cncc(Oc2ccccc2C(F)(F)F)n1. The molecule has 2 rings (SSSR count). The van der Waals surface area contributed by atoms with Crippen LogP contribution in [0.1, 0.15) is 16.1 Å². The van der Waals surface area contributed by atoms with E-state index >= 15 is 0 Å². The van der Waals surface area contributed by atoms with E-state index in [0.717, 1.165) is 24.5 Å². The van der Waals surface area contributed by atoms with E-state index in [1.165, 1.54) is 12.1 Å². The molecule has 8 heteroatoms. The van der Waals surface area contributed by atoms with Crippen LogP contribution in [0.2, 0.25) is 0 Å². The van der Waals surface area contributed by atoms with E-state index in [9.17, 15) is 18.0 Å². The van der Waals surface area contributed by atoms with Crippen LogP contribution < -0.4 is 4.74 Å². The highest BCUT2D eigenvalue weighted by Crippen LogP contribution is 2.37. The molecule has 0 bridgehead atoms. The number of rotatable bonds is 3. The molecule has 0 radical (unpaired) electrons. The molecule has 2 aromatic rings. The summed E-state index contributed by atoms with van der Waals surface area (Å²) in [4.78, 5) is 17.8. The molecule has 0 saturated heterocycles. The van der Waals surface area contributed by atoms with Crippen LogP contribution in [-0.2, 0) is 6.18 Å². The molecule has 0 spiro atoms. The lowest BCUT2D eigenvalue weighted by Crippen LogP contribution is -2.08. The molecule has 1 heterocycles. The van der Waals surface area contributed by atoms with E-state index in [0.29, 0.717) is 0 Å². The van der Waals surface area contributed by atoms with E-state index in [2.05, 4.69) is 9.97 Å². The quantitative estimate of drug-likeness (QED) is 0.938. The van der Waals surface area contributed by atoms with E-state index in [1.54, 1.807) is 0 Å². The average Bonchev–Trinajstić information content (AvgIpc) is 2.38. The standard InChI is InChI=1S/C12H7F3N2O3/c13-12(14,15)7-3-1-2-4-9(7)20-10-6-16-5-8(17-10)11(18)19/h1-6H,(H,18,19). The van der Waals surface area contributed by atoms with Gasteiger partial charge in [-0.3, -0.25) is 4.98 Å². The monoisotopic (exact) mass is 284 g/mol. The maximum atomic E-state index is 12.7. The predicted molar refractivity (Wildman–Crippen MR) is 60.5 cm³/mol. The van der Waals surface area contributed by atoms with Crippen molar-refractivity contribution in [3.05, 3.63) is 47.9 Å². The smallest absolute Gasteiger partial charge is 0.419 e. The van der Waals surface area contributed by atoms with E-state index in [1.807, 2.05) is 0 Å². The molecule has 104 valence electrons. The molecule has 1 aromatic carbocycles. The molecule has 20 heavy (non-hydrogen) atoms. The Bertz CT molecular complexity index is 644. The number of carboxylic acids is 1. The number of benzene rings is 1. The Hall–Kier alpha value is -2.64. The zero-order valence-electron chi connectivity index (χ0n) is 9.76. The van der Waals surface area contributed by atoms with Gasteiger partial charge in [0.2, 0.25) is 5.88 Å². The minimum Gasteiger partial charge on any atom is -0.476 e. The normalized spacial score (nSPS) is 11.2. The van der Waals surface area contributed by atoms with Gasteiger partial charge < -0.3 is 9.84 Å². The number of alkyl halides is 3. The maximum Gasteiger partial charge on any atom is 0.419 e. The summed E-state index contributed by atoms with van der Waals surface area (Å²) < 4.78 is 43.2. The molecule has 1 aromatic heterocycles. The second-order valence-corrected chi connectivity index (χ2v) is 3.64. The van der Waals surface area contributed by atoms with Crippen molar-refractivity contribution >= 4 is 5.97 Å². The number of halogens is 3. The van der Waals surface area contributed by atoms with Crippen LogP contribution in [0, 0.1) is 0 Å². The average molecular weight is 284 g/mol. The summed E-state index contributed by atoms with van der Waals surface area (Å²) in [6.45, 7) is 0. The Labute approximate surface area is 110 Å². The van der Waals surface area contributed by atoms with Crippen molar-refractivity contribution in [1.82, 2.24) is 9.97 Å². The van der Waals surface area contributed by atoms with Gasteiger partial charge in [0.15, 0.2) is 5.69 Å². The van der Waals surface area contributed by atoms with Gasteiger partial charge >= 0.3 is 12.1 Å². The van der Waals surface area contributed by atoms with Crippen molar-refractivity contribution in [3.63, 3.8) is 0 Å². The van der Waals surface area contributed by atoms with E-state index < -0.39 is 29.2 Å². The molecule has 1 N–H and O–H groups in total. The Morgan fingerprint density at radius 2 is 1.90 bits per heavy atom. The van der Waals surface area contributed by atoms with Crippen LogP contribution in [0.15, 0.2) is 36.7 Å². The number of nitrogens with zero attached hydrogens (tertiary/aromatic N) is 2. The van der Waals surface area contributed by atoms with Crippen molar-refractivity contribution in [2.45, 2.75) is 6.18 Å². The first-order valence-corrected chi connectivity index (χ1v) is 5.27. The zero-order chi connectivity index (χ0) is 14.8. The number of aromatic nitrogens is 2. The summed E-state index contributed by atoms with van der Waals surface area (Å²) in [7, 11) is 0. The summed E-state index contributed by atoms with van der Waals surface area (Å²) in [6.07, 6.45) is -2.60. The van der Waals surface area contributed by atoms with Crippen LogP contribution in [0.5, 0.6) is 11.6 Å². The molecule has 0 fully saturated rings. The minimum atomic E-state index is -4.59. The van der Waals surface area contributed by atoms with Crippen molar-refractivity contribution in [2.24, 2.45) is 0 Å². The number of carbonyl (C=O) groups is 1. The molecule has 0 unspecified atom stereocenters. The second kappa shape index (κ2) is 5.16. The number of ether oxygens (including phenoxy) is 1. The summed E-state index contributed by atoms with van der Waals surface area (Å²) in [5.74, 6) is -2.16. The molecule has 0 amide bonds. The topological polar surface area (TPSA) is 72.3 Å². The highest BCUT2D eigenvalue weighted by atomic mass is 19.4. The number of carboxylic acid groups (broad SMARTS) is 1. The lowest BCUT2D eigenvalue weighted by atomic mass is 10.2. The lowest BCUT2D eigenvalue weighted by Gasteiger charge is -2.12. The molecule has 0 atom stereocenters. The fraction of sp³-hybridized carbons (Fsp3) is 0.0833. The van der Waals surface area contributed by atoms with Gasteiger partial charge in [-0.2, -0.15) is 13.2 Å². The van der Waals surface area contributed by atoms with Gasteiger partial charge in [0.1, 0.15) is 5.75 Å². The molecular formula is C12H7F3N2O3. The largest absolute Gasteiger partial charge is 0.476 e. The van der Waals surface area contributed by atoms with Crippen LogP contribution >= 0.6 is 0 Å². The summed E-state index contributed by atoms with van der Waals surface area (Å²) in [6, 6.07) is 4.54. The highest BCUT2D eigenvalue weighted by Gasteiger charge is 2.34. The first kappa shape index (κ1) is 13.8. The Morgan fingerprint density at radius 1 is 1.20 bits per heavy atom. The van der Waals surface area contributed by atoms with E-state index in [-0.39, 0.29) is 5.88 Å². The number of hydrogen-bond donors (Lipinski definition) is 1. The summed E-state index contributed by atoms with van der Waals surface area (Å²) in [5.41, 5.74) is -1.41. The van der Waals surface area contributed by atoms with Gasteiger partial charge in [0.05, 0.1) is 18.0 Å². The van der Waals surface area contributed by atoms with Gasteiger partial charge in [-0.1, -0.05) is 12.1 Å². The van der Waals surface area contributed by atoms with Gasteiger partial charge in [0.25, 0.3) is 0 Å². The first-order chi connectivity index (χ1) is 9.38. The number of aromatic carboxylic acids is 1. The number of para-hydroxylation sites is 1. The molecule has 0 saturated carbocycles. The zero-order valence-corrected chi connectivity index (χ0v) is 9.76. The van der Waals surface area contributed by atoms with Crippen LogP contribution in [0.3, 0.4) is 0 Å². The fourth-order valence-electron chi connectivity index (χ4n) is 1.40. The van der Waals surface area contributed by atoms with Crippen molar-refractivity contribution in [3.8, 4) is 11.6 Å². The van der Waals surface area contributed by atoms with Crippen LogP contribution in [-0.4, -0.2) is 21.0 Å². The second-order valence-electron chi connectivity index (χ2n) is 3.64. The third-order valence-corrected chi connectivity index (χ3v) is 2.24. The Balaban J connectivity index is 2.36. The molecule has 0 aliphatic rings. The van der Waals surface area contributed by atoms with Gasteiger partial charge in [0, 0.05) is 0 Å². The van der Waals surface area contributed by atoms with Gasteiger partial charge in [-0.25, -0.2) is 9.78 Å². The lowest BCUT2D eigenvalue weighted by molar-refractivity contribution is -0.138. The molecular weight excluding hydrogens is 277 g/mol. The fourth-order valence-corrected chi connectivity index (χ4v) is 1.40. The highest BCUT2D eigenvalue weighted by molar-refractivity contribution is 5.84. The van der Waals surface area contributed by atoms with E-state index in [4.69, 9.17) is 9.84 Å². The Kier molecular flexibility index (Phi) is 3.55. The number of hydrogen-bond acceptors (Lipinski definition) is 4. The van der Waals surface area contributed by atoms with Crippen LogP contribution in [0.4, 0.5) is 13.2 Å². The molecule has 0 aliphatic carbocycles. The molecule has 5 nitrogen and oxygen atoms in total. The summed E-state index contributed by atoms with van der Waals surface area (Å²) >= 11 is 0. The third kappa shape index (κ3) is 3.02. The van der Waals surface area contributed by atoms with Crippen LogP contribution in [0.25, 0.3) is 0 Å². The maximum absolute atomic E-state index is 12.7. The minimum absolute atomic E-state index is 0.332. The predicted octanol–water partition coefficient (Wildman–Crippen LogP) is 2.99. The summed E-state index contributed by atoms with van der Waals surface area (Å²) in [5, 5.41) is 8.72. The van der Waals surface area contributed by atoms with Gasteiger partial charge in [-0.05, 0) is 12.1 Å². The molecule has 0 aliphatic heterocycles. The third-order valence-electron chi connectivity index (χ3n) is 2.24. The van der Waals surface area contributed by atoms with Crippen molar-refractivity contribution in [2.75, 3.05) is 0 Å². The van der Waals surface area contributed by atoms with Gasteiger partial charge in [-0.15, -0.1) is 0 Å². The first-order valence-electron chi connectivity index (χ1n) is 5.27. The Morgan fingerprint density at radius 3 is 2.55 bits per heavy atom.